The third-order valence-corrected chi connectivity index (χ3v) is 2.72. The minimum absolute atomic E-state index is 0.0539. The molecule has 0 unspecified atom stereocenters. The Bertz CT molecular complexity index is 574. The highest BCUT2D eigenvalue weighted by Gasteiger charge is 2.19. The third kappa shape index (κ3) is 3.04. The van der Waals surface area contributed by atoms with Gasteiger partial charge in [-0.05, 0) is 36.0 Å². The quantitative estimate of drug-likeness (QED) is 0.481. The van der Waals surface area contributed by atoms with Crippen LogP contribution in [-0.2, 0) is 4.74 Å². The lowest BCUT2D eigenvalue weighted by atomic mass is 9.77. The van der Waals surface area contributed by atoms with Crippen LogP contribution in [0.15, 0.2) is 30.3 Å². The van der Waals surface area contributed by atoms with Crippen LogP contribution in [0.3, 0.4) is 0 Å². The van der Waals surface area contributed by atoms with Gasteiger partial charge in [0.1, 0.15) is 11.6 Å². The Kier molecular flexibility index (Phi) is 4.37. The van der Waals surface area contributed by atoms with E-state index in [2.05, 4.69) is 0 Å². The summed E-state index contributed by atoms with van der Waals surface area (Å²) >= 11 is 0. The van der Waals surface area contributed by atoms with Gasteiger partial charge in [-0.15, -0.1) is 0 Å². The van der Waals surface area contributed by atoms with E-state index in [-0.39, 0.29) is 17.6 Å². The highest BCUT2D eigenvalue weighted by molar-refractivity contribution is 6.62. The van der Waals surface area contributed by atoms with Crippen molar-refractivity contribution in [2.24, 2.45) is 0 Å². The summed E-state index contributed by atoms with van der Waals surface area (Å²) in [7, 11) is -1.77. The first-order valence-corrected chi connectivity index (χ1v) is 5.92. The highest BCUT2D eigenvalue weighted by atomic mass is 19.1. The van der Waals surface area contributed by atoms with Crippen LogP contribution >= 0.6 is 0 Å². The molecule has 0 atom stereocenters. The molecule has 0 bridgehead atoms. The van der Waals surface area contributed by atoms with Crippen LogP contribution in [0.4, 0.5) is 4.39 Å². The van der Waals surface area contributed by atoms with Gasteiger partial charge in [0.05, 0.1) is 0 Å². The number of ether oxygens (including phenoxy) is 2. The summed E-state index contributed by atoms with van der Waals surface area (Å²) in [5.74, 6) is -0.105. The molecule has 100 valence electrons. The smallest absolute Gasteiger partial charge is 0.468 e. The minimum Gasteiger partial charge on any atom is -0.468 e. The molecule has 0 aromatic heterocycles. The molecule has 0 saturated heterocycles. The normalized spacial score (nSPS) is 10.7. The molecule has 0 heterocycles. The Hall–Kier alpha value is -1.63. The monoisotopic (exact) mass is 264 g/mol. The lowest BCUT2D eigenvalue weighted by Crippen LogP contribution is -2.31. The molecule has 6 heteroatoms. The predicted molar refractivity (Wildman–Crippen MR) is 70.9 cm³/mol. The van der Waals surface area contributed by atoms with Gasteiger partial charge in [0.2, 0.25) is 0 Å². The zero-order valence-electron chi connectivity index (χ0n) is 10.5. The SMILES string of the molecule is CCOCOc1cc(B(O)O)c2c(F)cccc2c1. The van der Waals surface area contributed by atoms with Crippen LogP contribution in [0, 0.1) is 5.82 Å². The molecule has 0 saturated carbocycles. The average Bonchev–Trinajstić information content (AvgIpc) is 2.38. The fourth-order valence-electron chi connectivity index (χ4n) is 1.87. The van der Waals surface area contributed by atoms with Crippen LogP contribution in [0.25, 0.3) is 10.8 Å². The summed E-state index contributed by atoms with van der Waals surface area (Å²) in [6.07, 6.45) is 0. The van der Waals surface area contributed by atoms with Crippen molar-refractivity contribution >= 4 is 23.4 Å². The summed E-state index contributed by atoms with van der Waals surface area (Å²) in [6.45, 7) is 2.40. The van der Waals surface area contributed by atoms with Crippen molar-refractivity contribution in [2.45, 2.75) is 6.92 Å². The van der Waals surface area contributed by atoms with E-state index in [0.29, 0.717) is 17.7 Å². The maximum absolute atomic E-state index is 13.8. The zero-order chi connectivity index (χ0) is 13.8. The largest absolute Gasteiger partial charge is 0.489 e. The number of rotatable bonds is 5. The fraction of sp³-hybridized carbons (Fsp3) is 0.231. The van der Waals surface area contributed by atoms with Gasteiger partial charge >= 0.3 is 7.12 Å². The fourth-order valence-corrected chi connectivity index (χ4v) is 1.87. The molecular weight excluding hydrogens is 250 g/mol. The van der Waals surface area contributed by atoms with E-state index in [0.717, 1.165) is 0 Å². The second-order valence-corrected chi connectivity index (χ2v) is 3.98. The standard InChI is InChI=1S/C13H14BFO4/c1-2-18-8-19-10-6-9-4-3-5-12(15)13(9)11(7-10)14(16)17/h3-7,16-17H,2,8H2,1H3. The molecule has 2 aromatic rings. The van der Waals surface area contributed by atoms with E-state index in [1.807, 2.05) is 6.92 Å². The number of fused-ring (bicyclic) bond motifs is 1. The molecule has 2 aromatic carbocycles. The molecule has 0 spiro atoms. The van der Waals surface area contributed by atoms with Crippen molar-refractivity contribution < 1.29 is 23.9 Å². The highest BCUT2D eigenvalue weighted by Crippen LogP contribution is 2.22. The van der Waals surface area contributed by atoms with E-state index in [4.69, 9.17) is 9.47 Å². The number of hydrogen-bond donors (Lipinski definition) is 2. The molecule has 0 radical (unpaired) electrons. The van der Waals surface area contributed by atoms with Gasteiger partial charge in [-0.25, -0.2) is 4.39 Å². The molecule has 0 fully saturated rings. The second-order valence-electron chi connectivity index (χ2n) is 3.98. The molecule has 0 amide bonds. The van der Waals surface area contributed by atoms with Gasteiger partial charge in [0.15, 0.2) is 6.79 Å². The second kappa shape index (κ2) is 6.01. The van der Waals surface area contributed by atoms with Gasteiger partial charge in [0.25, 0.3) is 0 Å². The van der Waals surface area contributed by atoms with Crippen LogP contribution in [0.1, 0.15) is 6.92 Å². The van der Waals surface area contributed by atoms with Crippen molar-refractivity contribution in [1.29, 1.82) is 0 Å². The lowest BCUT2D eigenvalue weighted by Gasteiger charge is -2.11. The van der Waals surface area contributed by atoms with E-state index < -0.39 is 12.9 Å². The summed E-state index contributed by atoms with van der Waals surface area (Å²) in [4.78, 5) is 0. The topological polar surface area (TPSA) is 58.9 Å². The van der Waals surface area contributed by atoms with Crippen molar-refractivity contribution in [3.05, 3.63) is 36.1 Å². The Balaban J connectivity index is 2.46. The number of hydrogen-bond acceptors (Lipinski definition) is 4. The maximum atomic E-state index is 13.8. The van der Waals surface area contributed by atoms with Gasteiger partial charge in [0, 0.05) is 12.0 Å². The predicted octanol–water partition coefficient (Wildman–Crippen LogP) is 1.03. The Labute approximate surface area is 110 Å². The van der Waals surface area contributed by atoms with E-state index in [1.54, 1.807) is 18.2 Å². The van der Waals surface area contributed by atoms with Gasteiger partial charge in [-0.3, -0.25) is 0 Å². The Morgan fingerprint density at radius 3 is 2.74 bits per heavy atom. The van der Waals surface area contributed by atoms with Crippen molar-refractivity contribution in [1.82, 2.24) is 0 Å². The summed E-state index contributed by atoms with van der Waals surface area (Å²) in [5, 5.41) is 19.4. The van der Waals surface area contributed by atoms with Crippen molar-refractivity contribution in [2.75, 3.05) is 13.4 Å². The van der Waals surface area contributed by atoms with Crippen molar-refractivity contribution in [3.63, 3.8) is 0 Å². The van der Waals surface area contributed by atoms with Crippen LogP contribution < -0.4 is 10.2 Å². The molecule has 2 rings (SSSR count). The first-order chi connectivity index (χ1) is 9.13. The van der Waals surface area contributed by atoms with Gasteiger partial charge < -0.3 is 19.5 Å². The molecule has 4 nitrogen and oxygen atoms in total. The van der Waals surface area contributed by atoms with Crippen LogP contribution in [0.2, 0.25) is 0 Å². The minimum atomic E-state index is -1.77. The van der Waals surface area contributed by atoms with E-state index >= 15 is 0 Å². The third-order valence-electron chi connectivity index (χ3n) is 2.72. The molecule has 2 N–H and O–H groups in total. The molecule has 19 heavy (non-hydrogen) atoms. The Morgan fingerprint density at radius 1 is 1.26 bits per heavy atom. The molecular formula is C13H14BFO4. The van der Waals surface area contributed by atoms with Crippen LogP contribution in [0.5, 0.6) is 5.75 Å². The van der Waals surface area contributed by atoms with Gasteiger partial charge in [-0.2, -0.15) is 0 Å². The maximum Gasteiger partial charge on any atom is 0.489 e. The van der Waals surface area contributed by atoms with Gasteiger partial charge in [-0.1, -0.05) is 12.1 Å². The zero-order valence-corrected chi connectivity index (χ0v) is 10.5. The first-order valence-electron chi connectivity index (χ1n) is 5.92. The molecule has 0 aliphatic carbocycles. The lowest BCUT2D eigenvalue weighted by molar-refractivity contribution is 0.0225. The summed E-state index contributed by atoms with van der Waals surface area (Å²) < 4.78 is 24.1. The van der Waals surface area contributed by atoms with E-state index in [1.165, 1.54) is 12.1 Å². The molecule has 0 aliphatic heterocycles. The number of halogens is 1. The van der Waals surface area contributed by atoms with Crippen molar-refractivity contribution in [3.8, 4) is 5.75 Å². The first kappa shape index (κ1) is 13.8. The number of benzene rings is 2. The summed E-state index contributed by atoms with van der Waals surface area (Å²) in [6, 6.07) is 7.53. The van der Waals surface area contributed by atoms with E-state index in [9.17, 15) is 14.4 Å². The Morgan fingerprint density at radius 2 is 2.05 bits per heavy atom. The average molecular weight is 264 g/mol. The van der Waals surface area contributed by atoms with Crippen LogP contribution in [-0.4, -0.2) is 30.6 Å². The molecule has 0 aliphatic rings. The summed E-state index contributed by atoms with van der Waals surface area (Å²) in [5.41, 5.74) is 0.0714.